The Morgan fingerprint density at radius 3 is 2.59 bits per heavy atom. The normalized spacial score (nSPS) is 14.7. The number of carbonyl (C=O) groups is 1. The fourth-order valence-electron chi connectivity index (χ4n) is 1.53. The van der Waals surface area contributed by atoms with Gasteiger partial charge >= 0.3 is 0 Å². The van der Waals surface area contributed by atoms with Gasteiger partial charge in [-0.15, -0.1) is 11.3 Å². The Balaban J connectivity index is 2.60. The van der Waals surface area contributed by atoms with Gasteiger partial charge in [-0.3, -0.25) is 4.79 Å². The van der Waals surface area contributed by atoms with Crippen LogP contribution < -0.4 is 11.1 Å². The highest BCUT2D eigenvalue weighted by Crippen LogP contribution is 2.18. The summed E-state index contributed by atoms with van der Waals surface area (Å²) in [5, 5.41) is 3.04. The summed E-state index contributed by atoms with van der Waals surface area (Å²) < 4.78 is 0. The van der Waals surface area contributed by atoms with Crippen LogP contribution in [0.1, 0.15) is 30.5 Å². The van der Waals surface area contributed by atoms with Gasteiger partial charge in [0.1, 0.15) is 0 Å². The zero-order valence-electron chi connectivity index (χ0n) is 11.0. The van der Waals surface area contributed by atoms with E-state index in [2.05, 4.69) is 19.2 Å². The summed E-state index contributed by atoms with van der Waals surface area (Å²) in [5.74, 6) is 0.370. The minimum absolute atomic E-state index is 0.0495. The summed E-state index contributed by atoms with van der Waals surface area (Å²) in [6.45, 7) is 8.64. The van der Waals surface area contributed by atoms with E-state index >= 15 is 0 Å². The first-order chi connectivity index (χ1) is 7.87. The van der Waals surface area contributed by atoms with Crippen molar-refractivity contribution < 1.29 is 4.79 Å². The minimum Gasteiger partial charge on any atom is -0.349 e. The highest BCUT2D eigenvalue weighted by molar-refractivity contribution is 7.12. The van der Waals surface area contributed by atoms with Crippen molar-refractivity contribution in [3.05, 3.63) is 21.9 Å². The molecule has 96 valence electrons. The maximum Gasteiger partial charge on any atom is 0.225 e. The van der Waals surface area contributed by atoms with Crippen LogP contribution in [0.4, 0.5) is 0 Å². The molecule has 0 aliphatic carbocycles. The van der Waals surface area contributed by atoms with E-state index in [1.165, 1.54) is 4.88 Å². The van der Waals surface area contributed by atoms with Crippen LogP contribution >= 0.6 is 11.3 Å². The predicted octanol–water partition coefficient (Wildman–Crippen LogP) is 2.09. The Morgan fingerprint density at radius 2 is 2.18 bits per heavy atom. The third-order valence-electron chi connectivity index (χ3n) is 3.25. The van der Waals surface area contributed by atoms with Gasteiger partial charge < -0.3 is 11.1 Å². The molecule has 0 saturated heterocycles. The Morgan fingerprint density at radius 1 is 1.53 bits per heavy atom. The Hall–Kier alpha value is -0.870. The molecule has 0 aromatic carbocycles. The molecule has 1 unspecified atom stereocenters. The van der Waals surface area contributed by atoms with Gasteiger partial charge in [0, 0.05) is 16.3 Å². The van der Waals surface area contributed by atoms with Gasteiger partial charge in [-0.1, -0.05) is 13.8 Å². The summed E-state index contributed by atoms with van der Waals surface area (Å²) in [5.41, 5.74) is 5.43. The topological polar surface area (TPSA) is 55.1 Å². The predicted molar refractivity (Wildman–Crippen MR) is 73.2 cm³/mol. The largest absolute Gasteiger partial charge is 0.349 e. The number of nitrogens with one attached hydrogen (secondary N) is 1. The molecule has 1 atom stereocenters. The fourth-order valence-corrected chi connectivity index (χ4v) is 2.42. The molecule has 1 aromatic heterocycles. The molecule has 3 nitrogen and oxygen atoms in total. The molecule has 1 heterocycles. The first-order valence-electron chi connectivity index (χ1n) is 5.94. The Labute approximate surface area is 107 Å². The molecule has 0 radical (unpaired) electrons. The summed E-state index contributed by atoms with van der Waals surface area (Å²) >= 11 is 1.67. The Kier molecular flexibility index (Phi) is 4.71. The molecule has 0 saturated carbocycles. The first kappa shape index (κ1) is 14.2. The number of amides is 1. The van der Waals surface area contributed by atoms with Gasteiger partial charge in [-0.2, -0.15) is 0 Å². The van der Waals surface area contributed by atoms with Crippen LogP contribution in [0, 0.1) is 12.8 Å². The minimum atomic E-state index is -0.316. The van der Waals surface area contributed by atoms with E-state index in [1.807, 2.05) is 26.0 Å². The number of carbonyl (C=O) groups excluding carboxylic acids is 1. The van der Waals surface area contributed by atoms with Crippen molar-refractivity contribution in [3.8, 4) is 0 Å². The van der Waals surface area contributed by atoms with Crippen molar-refractivity contribution in [2.45, 2.75) is 39.7 Å². The molecule has 17 heavy (non-hydrogen) atoms. The van der Waals surface area contributed by atoms with Gasteiger partial charge in [0.15, 0.2) is 0 Å². The third-order valence-corrected chi connectivity index (χ3v) is 4.25. The third kappa shape index (κ3) is 3.82. The van der Waals surface area contributed by atoms with Crippen LogP contribution in [-0.4, -0.2) is 18.0 Å². The standard InChI is InChI=1S/C13H22N2OS/c1-9(2)13(4,8-14)15-12(16)7-11-6-5-10(3)17-11/h5-6,9H,7-8,14H2,1-4H3,(H,15,16). The molecule has 0 aliphatic heterocycles. The zero-order chi connectivity index (χ0) is 13.1. The number of rotatable bonds is 5. The van der Waals surface area contributed by atoms with Crippen LogP contribution in [0.2, 0.25) is 0 Å². The second-order valence-electron chi connectivity index (χ2n) is 5.01. The van der Waals surface area contributed by atoms with Gasteiger partial charge in [0.05, 0.1) is 12.0 Å². The monoisotopic (exact) mass is 254 g/mol. The van der Waals surface area contributed by atoms with Crippen molar-refractivity contribution in [3.63, 3.8) is 0 Å². The lowest BCUT2D eigenvalue weighted by Crippen LogP contribution is -2.55. The van der Waals surface area contributed by atoms with Crippen molar-refractivity contribution >= 4 is 17.2 Å². The Bertz CT molecular complexity index is 387. The number of aryl methyl sites for hydroxylation is 1. The molecule has 0 fully saturated rings. The molecular formula is C13H22N2OS. The van der Waals surface area contributed by atoms with Crippen LogP contribution in [0.5, 0.6) is 0 Å². The van der Waals surface area contributed by atoms with E-state index in [0.29, 0.717) is 18.9 Å². The SMILES string of the molecule is Cc1ccc(CC(=O)NC(C)(CN)C(C)C)s1. The van der Waals surface area contributed by atoms with Crippen molar-refractivity contribution in [2.75, 3.05) is 6.54 Å². The lowest BCUT2D eigenvalue weighted by molar-refractivity contribution is -0.122. The molecule has 3 N–H and O–H groups in total. The summed E-state index contributed by atoms with van der Waals surface area (Å²) in [7, 11) is 0. The lowest BCUT2D eigenvalue weighted by atomic mass is 9.88. The molecule has 0 aliphatic rings. The average Bonchev–Trinajstić information content (AvgIpc) is 2.63. The summed E-state index contributed by atoms with van der Waals surface area (Å²) in [4.78, 5) is 14.3. The smallest absolute Gasteiger partial charge is 0.225 e. The quantitative estimate of drug-likeness (QED) is 0.845. The van der Waals surface area contributed by atoms with Crippen LogP contribution in [0.25, 0.3) is 0 Å². The number of nitrogens with two attached hydrogens (primary N) is 1. The zero-order valence-corrected chi connectivity index (χ0v) is 11.9. The van der Waals surface area contributed by atoms with Gasteiger partial charge in [-0.05, 0) is 31.9 Å². The fraction of sp³-hybridized carbons (Fsp3) is 0.615. The van der Waals surface area contributed by atoms with Crippen molar-refractivity contribution in [1.29, 1.82) is 0 Å². The number of hydrogen-bond donors (Lipinski definition) is 2. The molecule has 0 bridgehead atoms. The van der Waals surface area contributed by atoms with Crippen LogP contribution in [0.15, 0.2) is 12.1 Å². The van der Waals surface area contributed by atoms with Crippen molar-refractivity contribution in [2.24, 2.45) is 11.7 Å². The van der Waals surface area contributed by atoms with Crippen molar-refractivity contribution in [1.82, 2.24) is 5.32 Å². The molecule has 1 rings (SSSR count). The molecule has 1 amide bonds. The number of hydrogen-bond acceptors (Lipinski definition) is 3. The highest BCUT2D eigenvalue weighted by atomic mass is 32.1. The maximum atomic E-state index is 11.9. The molecule has 0 spiro atoms. The second kappa shape index (κ2) is 5.65. The summed E-state index contributed by atoms with van der Waals surface area (Å²) in [6.07, 6.45) is 0.445. The number of thiophene rings is 1. The van der Waals surface area contributed by atoms with E-state index in [1.54, 1.807) is 11.3 Å². The van der Waals surface area contributed by atoms with Gasteiger partial charge in [0.25, 0.3) is 0 Å². The summed E-state index contributed by atoms with van der Waals surface area (Å²) in [6, 6.07) is 4.05. The van der Waals surface area contributed by atoms with E-state index in [-0.39, 0.29) is 11.4 Å². The van der Waals surface area contributed by atoms with Crippen LogP contribution in [-0.2, 0) is 11.2 Å². The highest BCUT2D eigenvalue weighted by Gasteiger charge is 2.28. The molecule has 1 aromatic rings. The molecular weight excluding hydrogens is 232 g/mol. The van der Waals surface area contributed by atoms with Gasteiger partial charge in [0.2, 0.25) is 5.91 Å². The first-order valence-corrected chi connectivity index (χ1v) is 6.75. The van der Waals surface area contributed by atoms with Crippen LogP contribution in [0.3, 0.4) is 0 Å². The van der Waals surface area contributed by atoms with E-state index < -0.39 is 0 Å². The lowest BCUT2D eigenvalue weighted by Gasteiger charge is -2.33. The second-order valence-corrected chi connectivity index (χ2v) is 6.39. The van der Waals surface area contributed by atoms with E-state index in [0.717, 1.165) is 4.88 Å². The maximum absolute atomic E-state index is 11.9. The van der Waals surface area contributed by atoms with Gasteiger partial charge in [-0.25, -0.2) is 0 Å². The van der Waals surface area contributed by atoms with E-state index in [4.69, 9.17) is 5.73 Å². The molecule has 4 heteroatoms. The average molecular weight is 254 g/mol. The van der Waals surface area contributed by atoms with E-state index in [9.17, 15) is 4.79 Å².